The number of nitrogens with two attached hydrogens (primary N) is 1. The fourth-order valence-electron chi connectivity index (χ4n) is 0.574. The molecule has 1 aromatic heterocycles. The van der Waals surface area contributed by atoms with Gasteiger partial charge >= 0.3 is 0 Å². The second-order valence-corrected chi connectivity index (χ2v) is 1.78. The van der Waals surface area contributed by atoms with E-state index in [4.69, 9.17) is 5.84 Å². The maximum Gasteiger partial charge on any atom is 0.220 e. The molecule has 1 rings (SSSR count). The van der Waals surface area contributed by atoms with Crippen molar-refractivity contribution in [3.8, 4) is 0 Å². The highest BCUT2D eigenvalue weighted by atomic mass is 19.1. The summed E-state index contributed by atoms with van der Waals surface area (Å²) in [7, 11) is 0. The molecule has 1 aromatic rings. The monoisotopic (exact) mass is 142 g/mol. The number of aromatic nitrogens is 2. The van der Waals surface area contributed by atoms with Gasteiger partial charge in [0, 0.05) is 5.56 Å². The van der Waals surface area contributed by atoms with Crippen LogP contribution in [-0.4, -0.2) is 9.97 Å². The SMILES string of the molecule is Cc1c(F)ncnc1NN. The van der Waals surface area contributed by atoms with E-state index in [2.05, 4.69) is 15.4 Å². The quantitative estimate of drug-likeness (QED) is 0.334. The number of nitrogens with one attached hydrogen (secondary N) is 1. The number of hydrogen-bond donors (Lipinski definition) is 2. The Hall–Kier alpha value is -1.23. The molecule has 3 N–H and O–H groups in total. The lowest BCUT2D eigenvalue weighted by Gasteiger charge is -2.00. The predicted octanol–water partition coefficient (Wildman–Crippen LogP) is 0.210. The number of rotatable bonds is 1. The standard InChI is InChI=1S/C5H7FN4/c1-3-4(6)8-2-9-5(3)10-7/h2H,7H2,1H3,(H,8,9,10). The first-order chi connectivity index (χ1) is 4.75. The van der Waals surface area contributed by atoms with Crippen LogP contribution in [0.25, 0.3) is 0 Å². The molecule has 4 nitrogen and oxygen atoms in total. The zero-order valence-electron chi connectivity index (χ0n) is 5.43. The summed E-state index contributed by atoms with van der Waals surface area (Å²) in [5, 5.41) is 0. The van der Waals surface area contributed by atoms with E-state index in [0.29, 0.717) is 11.4 Å². The molecule has 0 bridgehead atoms. The summed E-state index contributed by atoms with van der Waals surface area (Å²) in [5.74, 6) is 4.77. The van der Waals surface area contributed by atoms with Gasteiger partial charge in [-0.25, -0.2) is 15.8 Å². The first kappa shape index (κ1) is 6.88. The Kier molecular flexibility index (Phi) is 1.77. The Morgan fingerprint density at radius 1 is 1.60 bits per heavy atom. The topological polar surface area (TPSA) is 63.8 Å². The number of hydrogen-bond acceptors (Lipinski definition) is 4. The molecule has 5 heteroatoms. The van der Waals surface area contributed by atoms with Gasteiger partial charge in [0.25, 0.3) is 0 Å². The normalized spacial score (nSPS) is 9.50. The van der Waals surface area contributed by atoms with Crippen molar-refractivity contribution >= 4 is 5.82 Å². The van der Waals surface area contributed by atoms with Crippen LogP contribution < -0.4 is 11.3 Å². The largest absolute Gasteiger partial charge is 0.308 e. The average molecular weight is 142 g/mol. The zero-order chi connectivity index (χ0) is 7.56. The molecule has 0 aliphatic rings. The van der Waals surface area contributed by atoms with Crippen molar-refractivity contribution in [3.63, 3.8) is 0 Å². The predicted molar refractivity (Wildman–Crippen MR) is 34.5 cm³/mol. The van der Waals surface area contributed by atoms with E-state index in [9.17, 15) is 4.39 Å². The fraction of sp³-hybridized carbons (Fsp3) is 0.200. The van der Waals surface area contributed by atoms with Crippen molar-refractivity contribution in [2.75, 3.05) is 5.43 Å². The van der Waals surface area contributed by atoms with E-state index in [1.54, 1.807) is 6.92 Å². The van der Waals surface area contributed by atoms with Gasteiger partial charge in [-0.15, -0.1) is 0 Å². The lowest BCUT2D eigenvalue weighted by Crippen LogP contribution is -2.11. The molecule has 0 radical (unpaired) electrons. The van der Waals surface area contributed by atoms with Crippen molar-refractivity contribution in [3.05, 3.63) is 17.8 Å². The van der Waals surface area contributed by atoms with Gasteiger partial charge in [0.2, 0.25) is 5.95 Å². The first-order valence-corrected chi connectivity index (χ1v) is 2.69. The van der Waals surface area contributed by atoms with E-state index in [-0.39, 0.29) is 0 Å². The van der Waals surface area contributed by atoms with Gasteiger partial charge in [0.1, 0.15) is 12.1 Å². The van der Waals surface area contributed by atoms with E-state index in [1.807, 2.05) is 0 Å². The molecular formula is C5H7FN4. The molecule has 0 amide bonds. The number of nitrogens with zero attached hydrogens (tertiary/aromatic N) is 2. The highest BCUT2D eigenvalue weighted by Crippen LogP contribution is 2.09. The van der Waals surface area contributed by atoms with Gasteiger partial charge in [0.05, 0.1) is 0 Å². The van der Waals surface area contributed by atoms with Crippen LogP contribution in [-0.2, 0) is 0 Å². The summed E-state index contributed by atoms with van der Waals surface area (Å²) in [6.45, 7) is 1.55. The van der Waals surface area contributed by atoms with Crippen LogP contribution in [0.1, 0.15) is 5.56 Å². The number of nitrogen functional groups attached to an aromatic ring is 1. The first-order valence-electron chi connectivity index (χ1n) is 2.69. The van der Waals surface area contributed by atoms with E-state index >= 15 is 0 Å². The molecule has 0 unspecified atom stereocenters. The van der Waals surface area contributed by atoms with Crippen LogP contribution in [0.15, 0.2) is 6.33 Å². The maximum absolute atomic E-state index is 12.5. The molecule has 0 aliphatic carbocycles. The van der Waals surface area contributed by atoms with Crippen molar-refractivity contribution in [2.45, 2.75) is 6.92 Å². The highest BCUT2D eigenvalue weighted by Gasteiger charge is 2.02. The molecule has 1 heterocycles. The van der Waals surface area contributed by atoms with Gasteiger partial charge in [0.15, 0.2) is 0 Å². The molecule has 0 atom stereocenters. The van der Waals surface area contributed by atoms with Gasteiger partial charge < -0.3 is 5.43 Å². The van der Waals surface area contributed by atoms with Crippen LogP contribution in [0.3, 0.4) is 0 Å². The zero-order valence-corrected chi connectivity index (χ0v) is 5.43. The minimum Gasteiger partial charge on any atom is -0.308 e. The van der Waals surface area contributed by atoms with Crippen LogP contribution in [0.2, 0.25) is 0 Å². The molecular weight excluding hydrogens is 135 g/mol. The average Bonchev–Trinajstić information content (AvgIpc) is 1.95. The maximum atomic E-state index is 12.5. The number of anilines is 1. The van der Waals surface area contributed by atoms with Gasteiger partial charge in [-0.1, -0.05) is 0 Å². The minimum absolute atomic E-state index is 0.313. The smallest absolute Gasteiger partial charge is 0.220 e. The summed E-state index contributed by atoms with van der Waals surface area (Å²) < 4.78 is 12.5. The molecule has 54 valence electrons. The lowest BCUT2D eigenvalue weighted by molar-refractivity contribution is 0.570. The number of hydrazine groups is 1. The van der Waals surface area contributed by atoms with Crippen LogP contribution in [0.4, 0.5) is 10.2 Å². The Labute approximate surface area is 57.3 Å². The van der Waals surface area contributed by atoms with Crippen LogP contribution >= 0.6 is 0 Å². The van der Waals surface area contributed by atoms with Gasteiger partial charge in [-0.2, -0.15) is 4.39 Å². The Balaban J connectivity index is 3.14. The third-order valence-corrected chi connectivity index (χ3v) is 1.16. The van der Waals surface area contributed by atoms with E-state index in [1.165, 1.54) is 0 Å². The van der Waals surface area contributed by atoms with Gasteiger partial charge in [-0.05, 0) is 6.92 Å². The second-order valence-electron chi connectivity index (χ2n) is 1.78. The molecule has 0 aromatic carbocycles. The summed E-state index contributed by atoms with van der Waals surface area (Å²) in [5.41, 5.74) is 2.57. The lowest BCUT2D eigenvalue weighted by atomic mass is 10.3. The molecule has 0 aliphatic heterocycles. The van der Waals surface area contributed by atoms with Crippen molar-refractivity contribution in [1.82, 2.24) is 9.97 Å². The second kappa shape index (κ2) is 2.57. The van der Waals surface area contributed by atoms with Gasteiger partial charge in [-0.3, -0.25) is 0 Å². The molecule has 0 fully saturated rings. The Morgan fingerprint density at radius 2 is 2.30 bits per heavy atom. The summed E-state index contributed by atoms with van der Waals surface area (Å²) in [4.78, 5) is 6.98. The van der Waals surface area contributed by atoms with Crippen molar-refractivity contribution in [1.29, 1.82) is 0 Å². The molecule has 0 saturated heterocycles. The third kappa shape index (κ3) is 1.03. The Bertz CT molecular complexity index is 237. The molecule has 0 spiro atoms. The molecule has 0 saturated carbocycles. The molecule has 10 heavy (non-hydrogen) atoms. The van der Waals surface area contributed by atoms with Crippen molar-refractivity contribution < 1.29 is 4.39 Å². The minimum atomic E-state index is -0.553. The highest BCUT2D eigenvalue weighted by molar-refractivity contribution is 5.39. The van der Waals surface area contributed by atoms with E-state index < -0.39 is 5.95 Å². The van der Waals surface area contributed by atoms with Crippen molar-refractivity contribution in [2.24, 2.45) is 5.84 Å². The summed E-state index contributed by atoms with van der Waals surface area (Å²) in [6.07, 6.45) is 1.11. The van der Waals surface area contributed by atoms with Crippen LogP contribution in [0, 0.1) is 12.9 Å². The van der Waals surface area contributed by atoms with Crippen LogP contribution in [0.5, 0.6) is 0 Å². The number of halogens is 1. The fourth-order valence-corrected chi connectivity index (χ4v) is 0.574. The summed E-state index contributed by atoms with van der Waals surface area (Å²) >= 11 is 0. The third-order valence-electron chi connectivity index (χ3n) is 1.16. The summed E-state index contributed by atoms with van der Waals surface area (Å²) in [6, 6.07) is 0. The van der Waals surface area contributed by atoms with E-state index in [0.717, 1.165) is 6.33 Å². The Morgan fingerprint density at radius 3 is 2.80 bits per heavy atom.